The fourth-order valence-electron chi connectivity index (χ4n) is 2.17. The molecule has 1 N–H and O–H groups in total. The molecule has 0 radical (unpaired) electrons. The number of nitrogens with one attached hydrogen (secondary N) is 1. The Kier molecular flexibility index (Phi) is 5.95. The van der Waals surface area contributed by atoms with Gasteiger partial charge in [-0.1, -0.05) is 30.3 Å². The van der Waals surface area contributed by atoms with Gasteiger partial charge in [-0.15, -0.1) is 0 Å². The van der Waals surface area contributed by atoms with Crippen molar-refractivity contribution in [1.82, 2.24) is 5.32 Å². The Morgan fingerprint density at radius 3 is 2.68 bits per heavy atom. The van der Waals surface area contributed by atoms with E-state index in [2.05, 4.69) is 21.2 Å². The summed E-state index contributed by atoms with van der Waals surface area (Å²) >= 11 is 3.11. The summed E-state index contributed by atoms with van der Waals surface area (Å²) in [5, 5.41) is 2.80. The monoisotopic (exact) mass is 365 g/mol. The number of hydrogen-bond donors (Lipinski definition) is 1. The van der Waals surface area contributed by atoms with Gasteiger partial charge in [0.05, 0.1) is 18.0 Å². The first-order valence-corrected chi connectivity index (χ1v) is 7.72. The molecule has 22 heavy (non-hydrogen) atoms. The molecule has 0 heterocycles. The molecule has 0 aliphatic carbocycles. The van der Waals surface area contributed by atoms with Crippen LogP contribution in [-0.2, 0) is 17.6 Å². The van der Waals surface area contributed by atoms with Crippen LogP contribution in [0.3, 0.4) is 0 Å². The van der Waals surface area contributed by atoms with Crippen LogP contribution in [0.2, 0.25) is 0 Å². The van der Waals surface area contributed by atoms with Gasteiger partial charge in [0.2, 0.25) is 5.91 Å². The van der Waals surface area contributed by atoms with Gasteiger partial charge in [0.1, 0.15) is 11.6 Å². The molecule has 0 spiro atoms. The second-order valence-corrected chi connectivity index (χ2v) is 5.66. The summed E-state index contributed by atoms with van der Waals surface area (Å²) in [4.78, 5) is 11.9. The third kappa shape index (κ3) is 4.31. The number of carbonyl (C=O) groups is 1. The molecule has 0 aliphatic heterocycles. The van der Waals surface area contributed by atoms with Gasteiger partial charge in [0.15, 0.2) is 0 Å². The van der Waals surface area contributed by atoms with E-state index in [-0.39, 0.29) is 18.1 Å². The van der Waals surface area contributed by atoms with E-state index in [1.807, 2.05) is 24.3 Å². The van der Waals surface area contributed by atoms with Gasteiger partial charge >= 0.3 is 0 Å². The highest BCUT2D eigenvalue weighted by Crippen LogP contribution is 2.19. The molecular weight excluding hydrogens is 349 g/mol. The van der Waals surface area contributed by atoms with Gasteiger partial charge in [0, 0.05) is 6.54 Å². The zero-order valence-corrected chi connectivity index (χ0v) is 13.8. The van der Waals surface area contributed by atoms with E-state index in [1.165, 1.54) is 0 Å². The number of ether oxygens (including phenoxy) is 1. The van der Waals surface area contributed by atoms with Crippen molar-refractivity contribution in [2.45, 2.75) is 12.8 Å². The fraction of sp³-hybridized carbons (Fsp3) is 0.235. The highest BCUT2D eigenvalue weighted by atomic mass is 79.9. The van der Waals surface area contributed by atoms with E-state index in [1.54, 1.807) is 25.3 Å². The molecule has 0 unspecified atom stereocenters. The van der Waals surface area contributed by atoms with Gasteiger partial charge in [-0.2, -0.15) is 0 Å². The lowest BCUT2D eigenvalue weighted by atomic mass is 10.1. The average molecular weight is 366 g/mol. The normalized spacial score (nSPS) is 10.3. The Labute approximate surface area is 137 Å². The molecule has 0 bridgehead atoms. The van der Waals surface area contributed by atoms with Gasteiger partial charge in [-0.3, -0.25) is 4.79 Å². The van der Waals surface area contributed by atoms with Crippen molar-refractivity contribution in [2.75, 3.05) is 13.7 Å². The molecule has 2 aromatic carbocycles. The Bertz CT molecular complexity index is 661. The van der Waals surface area contributed by atoms with Crippen molar-refractivity contribution in [3.05, 3.63) is 63.9 Å². The molecule has 1 amide bonds. The minimum atomic E-state index is -0.387. The maximum Gasteiger partial charge on any atom is 0.224 e. The molecule has 0 aromatic heterocycles. The number of carbonyl (C=O) groups excluding carboxylic acids is 1. The molecule has 2 aromatic rings. The topological polar surface area (TPSA) is 38.3 Å². The van der Waals surface area contributed by atoms with Crippen LogP contribution in [0.1, 0.15) is 11.1 Å². The van der Waals surface area contributed by atoms with Crippen LogP contribution in [0.15, 0.2) is 46.9 Å². The second-order valence-electron chi connectivity index (χ2n) is 4.80. The van der Waals surface area contributed by atoms with Crippen molar-refractivity contribution in [2.24, 2.45) is 0 Å². The van der Waals surface area contributed by atoms with Crippen molar-refractivity contribution >= 4 is 21.8 Å². The summed E-state index contributed by atoms with van der Waals surface area (Å²) in [5.74, 6) is 0.212. The molecule has 0 atom stereocenters. The summed E-state index contributed by atoms with van der Waals surface area (Å²) in [6.07, 6.45) is 0.688. The molecule has 5 heteroatoms. The summed E-state index contributed by atoms with van der Waals surface area (Å²) < 4.78 is 19.4. The number of benzene rings is 2. The Hall–Kier alpha value is -1.88. The van der Waals surface area contributed by atoms with Crippen molar-refractivity contribution in [3.8, 4) is 5.75 Å². The van der Waals surface area contributed by atoms with Crippen LogP contribution in [0, 0.1) is 5.82 Å². The maximum absolute atomic E-state index is 13.8. The number of para-hydroxylation sites is 1. The van der Waals surface area contributed by atoms with Crippen molar-refractivity contribution in [3.63, 3.8) is 0 Å². The quantitative estimate of drug-likeness (QED) is 0.850. The summed E-state index contributed by atoms with van der Waals surface area (Å²) in [5.41, 5.74) is 1.41. The summed E-state index contributed by atoms with van der Waals surface area (Å²) in [7, 11) is 1.62. The van der Waals surface area contributed by atoms with Crippen molar-refractivity contribution in [1.29, 1.82) is 0 Å². The summed E-state index contributed by atoms with van der Waals surface area (Å²) in [6.45, 7) is 0.481. The molecule has 116 valence electrons. The van der Waals surface area contributed by atoms with E-state index < -0.39 is 0 Å². The van der Waals surface area contributed by atoms with Gasteiger partial charge in [0.25, 0.3) is 0 Å². The summed E-state index contributed by atoms with van der Waals surface area (Å²) in [6, 6.07) is 12.6. The molecule has 0 saturated carbocycles. The standard InChI is InChI=1S/C17H17BrFNO2/c1-22-15-8-3-2-5-12(15)9-10-20-16(21)11-13-6-4-7-14(18)17(13)19/h2-8H,9-11H2,1H3,(H,20,21). The van der Waals surface area contributed by atoms with E-state index in [4.69, 9.17) is 4.74 Å². The predicted octanol–water partition coefficient (Wildman–Crippen LogP) is 3.50. The van der Waals surface area contributed by atoms with E-state index in [9.17, 15) is 9.18 Å². The first-order valence-electron chi connectivity index (χ1n) is 6.93. The molecule has 0 fully saturated rings. The molecule has 2 rings (SSSR count). The molecule has 3 nitrogen and oxygen atoms in total. The molecule has 0 saturated heterocycles. The lowest BCUT2D eigenvalue weighted by molar-refractivity contribution is -0.120. The Morgan fingerprint density at radius 1 is 1.18 bits per heavy atom. The van der Waals surface area contributed by atoms with Crippen LogP contribution in [0.25, 0.3) is 0 Å². The van der Waals surface area contributed by atoms with E-state index in [0.29, 0.717) is 23.0 Å². The first kappa shape index (κ1) is 16.5. The predicted molar refractivity (Wildman–Crippen MR) is 87.5 cm³/mol. The number of hydrogen-bond acceptors (Lipinski definition) is 2. The number of halogens is 2. The zero-order chi connectivity index (χ0) is 15.9. The van der Waals surface area contributed by atoms with Crippen LogP contribution < -0.4 is 10.1 Å². The van der Waals surface area contributed by atoms with E-state index in [0.717, 1.165) is 11.3 Å². The van der Waals surface area contributed by atoms with Gasteiger partial charge in [-0.25, -0.2) is 4.39 Å². The third-order valence-electron chi connectivity index (χ3n) is 3.29. The Morgan fingerprint density at radius 2 is 1.91 bits per heavy atom. The number of amides is 1. The van der Waals surface area contributed by atoms with Gasteiger partial charge < -0.3 is 10.1 Å². The maximum atomic E-state index is 13.8. The van der Waals surface area contributed by atoms with Crippen LogP contribution in [-0.4, -0.2) is 19.6 Å². The lowest BCUT2D eigenvalue weighted by Crippen LogP contribution is -2.27. The average Bonchev–Trinajstić information content (AvgIpc) is 2.52. The Balaban J connectivity index is 1.87. The molecule has 0 aliphatic rings. The number of methoxy groups -OCH3 is 1. The zero-order valence-electron chi connectivity index (χ0n) is 12.2. The minimum Gasteiger partial charge on any atom is -0.496 e. The fourth-order valence-corrected chi connectivity index (χ4v) is 2.57. The van der Waals surface area contributed by atoms with E-state index >= 15 is 0 Å². The smallest absolute Gasteiger partial charge is 0.224 e. The van der Waals surface area contributed by atoms with Crippen molar-refractivity contribution < 1.29 is 13.9 Å². The van der Waals surface area contributed by atoms with Crippen LogP contribution in [0.4, 0.5) is 4.39 Å². The highest BCUT2D eigenvalue weighted by molar-refractivity contribution is 9.10. The first-order chi connectivity index (χ1) is 10.6. The number of rotatable bonds is 6. The molecular formula is C17H17BrFNO2. The van der Waals surface area contributed by atoms with Crippen LogP contribution in [0.5, 0.6) is 5.75 Å². The SMILES string of the molecule is COc1ccccc1CCNC(=O)Cc1cccc(Br)c1F. The van der Waals surface area contributed by atoms with Gasteiger partial charge in [-0.05, 0) is 45.6 Å². The second kappa shape index (κ2) is 7.94. The third-order valence-corrected chi connectivity index (χ3v) is 3.90. The minimum absolute atomic E-state index is 0.0250. The van der Waals surface area contributed by atoms with Crippen LogP contribution >= 0.6 is 15.9 Å². The lowest BCUT2D eigenvalue weighted by Gasteiger charge is -2.09. The largest absolute Gasteiger partial charge is 0.496 e. The highest BCUT2D eigenvalue weighted by Gasteiger charge is 2.10.